The second-order valence-corrected chi connectivity index (χ2v) is 9.81. The van der Waals surface area contributed by atoms with Crippen molar-refractivity contribution in [3.8, 4) is 22.8 Å². The summed E-state index contributed by atoms with van der Waals surface area (Å²) in [6, 6.07) is 14.3. The van der Waals surface area contributed by atoms with Crippen LogP contribution in [0.2, 0.25) is 0 Å². The zero-order chi connectivity index (χ0) is 29.1. The third kappa shape index (κ3) is 5.31. The van der Waals surface area contributed by atoms with E-state index in [1.54, 1.807) is 54.6 Å². The Hall–Kier alpha value is -4.90. The van der Waals surface area contributed by atoms with E-state index in [0.717, 1.165) is 11.3 Å². The maximum Gasteiger partial charge on any atom is 0.337 e. The Balaban J connectivity index is 1.61. The van der Waals surface area contributed by atoms with Crippen molar-refractivity contribution < 1.29 is 33.3 Å². The van der Waals surface area contributed by atoms with Gasteiger partial charge in [-0.3, -0.25) is 9.36 Å². The lowest BCUT2D eigenvalue weighted by Gasteiger charge is -2.23. The molecule has 0 fully saturated rings. The van der Waals surface area contributed by atoms with Gasteiger partial charge in [0.2, 0.25) is 0 Å². The maximum atomic E-state index is 13.8. The van der Waals surface area contributed by atoms with E-state index < -0.39 is 18.0 Å². The molecule has 3 heterocycles. The van der Waals surface area contributed by atoms with Gasteiger partial charge >= 0.3 is 11.9 Å². The zero-order valence-corrected chi connectivity index (χ0v) is 23.3. The zero-order valence-electron chi connectivity index (χ0n) is 22.5. The lowest BCUT2D eigenvalue weighted by atomic mass is 9.97. The van der Waals surface area contributed by atoms with Gasteiger partial charge in [-0.15, -0.1) is 0 Å². The number of thiazole rings is 1. The van der Waals surface area contributed by atoms with Crippen LogP contribution in [0.3, 0.4) is 0 Å². The number of esters is 1. The Morgan fingerprint density at radius 2 is 1.83 bits per heavy atom. The van der Waals surface area contributed by atoms with Gasteiger partial charge in [0.15, 0.2) is 16.3 Å². The molecule has 2 aromatic heterocycles. The summed E-state index contributed by atoms with van der Waals surface area (Å²) < 4.78 is 24.1. The van der Waals surface area contributed by atoms with Crippen LogP contribution in [0.25, 0.3) is 17.4 Å². The second-order valence-electron chi connectivity index (χ2n) is 8.80. The number of rotatable bonds is 9. The van der Waals surface area contributed by atoms with Crippen molar-refractivity contribution in [2.75, 3.05) is 20.3 Å². The molecule has 1 N–H and O–H groups in total. The number of benzene rings is 2. The first-order valence-electron chi connectivity index (χ1n) is 12.8. The van der Waals surface area contributed by atoms with E-state index in [4.69, 9.17) is 18.6 Å². The molecule has 0 spiro atoms. The Bertz CT molecular complexity index is 1850. The van der Waals surface area contributed by atoms with Gasteiger partial charge < -0.3 is 23.7 Å². The summed E-state index contributed by atoms with van der Waals surface area (Å²) in [5.74, 6) is 0.0504. The maximum absolute atomic E-state index is 13.8. The molecule has 0 radical (unpaired) electrons. The molecule has 1 aliphatic heterocycles. The number of carboxylic acids is 1. The van der Waals surface area contributed by atoms with Crippen molar-refractivity contribution in [1.82, 2.24) is 4.57 Å². The molecule has 0 aliphatic carbocycles. The summed E-state index contributed by atoms with van der Waals surface area (Å²) in [6.07, 6.45) is 2.98. The number of carbonyl (C=O) groups excluding carboxylic acids is 1. The van der Waals surface area contributed by atoms with Crippen molar-refractivity contribution in [3.63, 3.8) is 0 Å². The summed E-state index contributed by atoms with van der Waals surface area (Å²) in [4.78, 5) is 43.0. The molecule has 41 heavy (non-hydrogen) atoms. The van der Waals surface area contributed by atoms with E-state index in [-0.39, 0.29) is 16.7 Å². The average molecular weight is 575 g/mol. The molecule has 10 nitrogen and oxygen atoms in total. The number of furan rings is 1. The van der Waals surface area contributed by atoms with Crippen molar-refractivity contribution in [1.29, 1.82) is 0 Å². The first kappa shape index (κ1) is 27.7. The molecule has 1 atom stereocenters. The summed E-state index contributed by atoms with van der Waals surface area (Å²) in [6.45, 7) is 4.56. The Kier molecular flexibility index (Phi) is 7.88. The topological polar surface area (TPSA) is 130 Å². The van der Waals surface area contributed by atoms with Crippen LogP contribution in [-0.2, 0) is 9.53 Å². The van der Waals surface area contributed by atoms with E-state index in [2.05, 4.69) is 4.99 Å². The number of fused-ring (bicyclic) bond motifs is 1. The first-order valence-corrected chi connectivity index (χ1v) is 13.6. The largest absolute Gasteiger partial charge is 0.490 e. The van der Waals surface area contributed by atoms with E-state index in [1.807, 2.05) is 13.8 Å². The standard InChI is InChI=1S/C30H26N2O8S/c1-4-38-23-12-10-17(14-24(23)39-5-2)26-21(29(36)37-3)16-31-30-32(26)27(33)25(41-30)15-18-11-13-22(40-18)19-8-6-7-9-20(19)28(34)35/h6-16,26H,4-5H2,1-3H3,(H,34,35)/b25-15-/t26-/m1/s1. The molecular weight excluding hydrogens is 548 g/mol. The molecule has 0 saturated carbocycles. The number of nitrogens with zero attached hydrogens (tertiary/aromatic N) is 2. The molecule has 1 aliphatic rings. The van der Waals surface area contributed by atoms with Crippen molar-refractivity contribution >= 4 is 29.4 Å². The predicted molar refractivity (Wildman–Crippen MR) is 151 cm³/mol. The summed E-state index contributed by atoms with van der Waals surface area (Å²) >= 11 is 1.14. The summed E-state index contributed by atoms with van der Waals surface area (Å²) in [5, 5.41) is 9.53. The highest BCUT2D eigenvalue weighted by Crippen LogP contribution is 2.35. The van der Waals surface area contributed by atoms with Gasteiger partial charge in [-0.25, -0.2) is 14.6 Å². The lowest BCUT2D eigenvalue weighted by molar-refractivity contribution is -0.136. The van der Waals surface area contributed by atoms with Gasteiger partial charge in [0.25, 0.3) is 5.56 Å². The number of hydrogen-bond donors (Lipinski definition) is 1. The van der Waals surface area contributed by atoms with E-state index in [0.29, 0.717) is 56.7 Å². The Morgan fingerprint density at radius 3 is 2.56 bits per heavy atom. The molecule has 5 rings (SSSR count). The van der Waals surface area contributed by atoms with E-state index >= 15 is 0 Å². The number of methoxy groups -OCH3 is 1. The normalized spacial score (nSPS) is 14.6. The van der Waals surface area contributed by atoms with Gasteiger partial charge in [-0.1, -0.05) is 35.6 Å². The number of ether oxygens (including phenoxy) is 3. The van der Waals surface area contributed by atoms with E-state index in [9.17, 15) is 19.5 Å². The van der Waals surface area contributed by atoms with Crippen molar-refractivity contribution in [2.45, 2.75) is 19.9 Å². The smallest absolute Gasteiger partial charge is 0.337 e. The molecular formula is C30H26N2O8S. The predicted octanol–water partition coefficient (Wildman–Crippen LogP) is 3.77. The van der Waals surface area contributed by atoms with Gasteiger partial charge in [0, 0.05) is 17.8 Å². The van der Waals surface area contributed by atoms with Crippen LogP contribution in [-0.4, -0.2) is 41.9 Å². The van der Waals surface area contributed by atoms with Crippen molar-refractivity contribution in [3.05, 3.63) is 103 Å². The van der Waals surface area contributed by atoms with E-state index in [1.165, 1.54) is 23.9 Å². The molecule has 0 amide bonds. The minimum Gasteiger partial charge on any atom is -0.490 e. The average Bonchev–Trinajstić information content (AvgIpc) is 3.57. The number of aromatic carboxylic acids is 1. The van der Waals surface area contributed by atoms with Crippen LogP contribution in [0.5, 0.6) is 11.5 Å². The second kappa shape index (κ2) is 11.7. The van der Waals surface area contributed by atoms with Gasteiger partial charge in [0.05, 0.1) is 42.0 Å². The minimum atomic E-state index is -1.07. The number of hydrogen-bond acceptors (Lipinski definition) is 9. The van der Waals surface area contributed by atoms with Crippen LogP contribution < -0.4 is 24.4 Å². The van der Waals surface area contributed by atoms with Crippen LogP contribution in [0.1, 0.15) is 41.6 Å². The third-order valence-corrected chi connectivity index (χ3v) is 7.33. The van der Waals surface area contributed by atoms with Gasteiger partial charge in [-0.2, -0.15) is 0 Å². The number of carbonyl (C=O) groups is 2. The highest BCUT2D eigenvalue weighted by atomic mass is 32.1. The summed E-state index contributed by atoms with van der Waals surface area (Å²) in [5.41, 5.74) is 0.934. The van der Waals surface area contributed by atoms with Crippen molar-refractivity contribution in [2.24, 2.45) is 4.99 Å². The molecule has 11 heteroatoms. The highest BCUT2D eigenvalue weighted by Gasteiger charge is 2.31. The SMILES string of the molecule is CCOc1ccc([C@@H]2C(C(=O)OC)=CN=c3s/c(=C\c4ccc(-c5ccccc5C(=O)O)o4)c(=O)n32)cc1OCC. The Labute approximate surface area is 238 Å². The monoisotopic (exact) mass is 574 g/mol. The quantitative estimate of drug-likeness (QED) is 0.299. The van der Waals surface area contributed by atoms with Gasteiger partial charge in [0.1, 0.15) is 11.5 Å². The molecule has 0 bridgehead atoms. The Morgan fingerprint density at radius 1 is 1.07 bits per heavy atom. The fraction of sp³-hybridized carbons (Fsp3) is 0.200. The summed E-state index contributed by atoms with van der Waals surface area (Å²) in [7, 11) is 1.27. The molecule has 210 valence electrons. The molecule has 4 aromatic rings. The fourth-order valence-electron chi connectivity index (χ4n) is 4.58. The fourth-order valence-corrected chi connectivity index (χ4v) is 5.53. The highest BCUT2D eigenvalue weighted by molar-refractivity contribution is 7.07. The van der Waals surface area contributed by atoms with Crippen LogP contribution in [0.4, 0.5) is 0 Å². The lowest BCUT2D eigenvalue weighted by Crippen LogP contribution is -2.39. The van der Waals surface area contributed by atoms with Crippen LogP contribution in [0.15, 0.2) is 80.6 Å². The van der Waals surface area contributed by atoms with Crippen LogP contribution >= 0.6 is 11.3 Å². The van der Waals surface area contributed by atoms with Crippen LogP contribution in [0, 0.1) is 0 Å². The number of carboxylic acid groups (broad SMARTS) is 1. The molecule has 0 unspecified atom stereocenters. The van der Waals surface area contributed by atoms with Gasteiger partial charge in [-0.05, 0) is 49.7 Å². The molecule has 0 saturated heterocycles. The molecule has 2 aromatic carbocycles. The number of aromatic nitrogens is 1. The first-order chi connectivity index (χ1) is 19.9. The minimum absolute atomic E-state index is 0.102. The third-order valence-electron chi connectivity index (χ3n) is 6.33.